The van der Waals surface area contributed by atoms with E-state index >= 15 is 0 Å². The number of anilines is 1. The Kier molecular flexibility index (Phi) is 8.38. The van der Waals surface area contributed by atoms with Crippen LogP contribution >= 0.6 is 35.3 Å². The van der Waals surface area contributed by atoms with Crippen molar-refractivity contribution in [3.8, 4) is 0 Å². The zero-order chi connectivity index (χ0) is 20.1. The van der Waals surface area contributed by atoms with Crippen molar-refractivity contribution in [2.24, 2.45) is 4.99 Å². The average molecular weight is 539 g/mol. The lowest BCUT2D eigenvalue weighted by Crippen LogP contribution is -2.39. The molecule has 0 atom stereocenters. The Morgan fingerprint density at radius 1 is 1.17 bits per heavy atom. The van der Waals surface area contributed by atoms with E-state index in [2.05, 4.69) is 62.1 Å². The number of thiazole rings is 1. The molecule has 3 aromatic rings. The number of aromatic nitrogens is 2. The Bertz CT molecular complexity index is 973. The summed E-state index contributed by atoms with van der Waals surface area (Å²) >= 11 is 1.76. The highest BCUT2D eigenvalue weighted by Crippen LogP contribution is 2.24. The maximum absolute atomic E-state index is 4.79. The summed E-state index contributed by atoms with van der Waals surface area (Å²) in [6.07, 6.45) is 4.45. The van der Waals surface area contributed by atoms with Crippen LogP contribution in [0.2, 0.25) is 0 Å². The summed E-state index contributed by atoms with van der Waals surface area (Å²) in [5.74, 6) is 0.845. The minimum absolute atomic E-state index is 0. The summed E-state index contributed by atoms with van der Waals surface area (Å²) in [4.78, 5) is 15.0. The largest absolute Gasteiger partial charge is 0.358 e. The fourth-order valence-electron chi connectivity index (χ4n) is 3.96. The van der Waals surface area contributed by atoms with E-state index in [1.165, 1.54) is 40.1 Å². The number of hydrogen-bond donors (Lipinski definition) is 3. The minimum atomic E-state index is 0. The molecule has 8 heteroatoms. The molecule has 0 aliphatic carbocycles. The number of para-hydroxylation sites is 1. The van der Waals surface area contributed by atoms with Gasteiger partial charge < -0.3 is 20.5 Å². The molecule has 1 aliphatic rings. The van der Waals surface area contributed by atoms with Crippen LogP contribution in [0, 0.1) is 6.92 Å². The molecule has 1 fully saturated rings. The number of nitrogens with one attached hydrogen (secondary N) is 3. The van der Waals surface area contributed by atoms with Gasteiger partial charge >= 0.3 is 0 Å². The molecule has 0 bridgehead atoms. The summed E-state index contributed by atoms with van der Waals surface area (Å²) in [5.41, 5.74) is 4.99. The van der Waals surface area contributed by atoms with Crippen LogP contribution in [-0.2, 0) is 12.8 Å². The van der Waals surface area contributed by atoms with Crippen LogP contribution in [0.5, 0.6) is 0 Å². The van der Waals surface area contributed by atoms with Crippen molar-refractivity contribution in [1.29, 1.82) is 0 Å². The van der Waals surface area contributed by atoms with E-state index < -0.39 is 0 Å². The third kappa shape index (κ3) is 5.46. The van der Waals surface area contributed by atoms with Gasteiger partial charge in [0.2, 0.25) is 0 Å². The first-order valence-electron chi connectivity index (χ1n) is 10.4. The maximum Gasteiger partial charge on any atom is 0.190 e. The number of rotatable bonds is 7. The van der Waals surface area contributed by atoms with Crippen molar-refractivity contribution in [1.82, 2.24) is 20.6 Å². The first-order chi connectivity index (χ1) is 14.2. The molecule has 3 heterocycles. The van der Waals surface area contributed by atoms with Crippen LogP contribution < -0.4 is 15.5 Å². The van der Waals surface area contributed by atoms with Gasteiger partial charge in [-0.25, -0.2) is 4.98 Å². The third-order valence-electron chi connectivity index (χ3n) is 5.51. The zero-order valence-corrected chi connectivity index (χ0v) is 20.8. The fraction of sp³-hybridized carbons (Fsp3) is 0.455. The van der Waals surface area contributed by atoms with Crippen molar-refractivity contribution in [2.75, 3.05) is 38.1 Å². The summed E-state index contributed by atoms with van der Waals surface area (Å²) in [7, 11) is 1.82. The predicted molar refractivity (Wildman–Crippen MR) is 139 cm³/mol. The van der Waals surface area contributed by atoms with Gasteiger partial charge in [-0.3, -0.25) is 4.99 Å². The normalized spacial score (nSPS) is 14.2. The number of aromatic amines is 1. The van der Waals surface area contributed by atoms with Gasteiger partial charge in [0.15, 0.2) is 11.1 Å². The van der Waals surface area contributed by atoms with Gasteiger partial charge in [-0.2, -0.15) is 0 Å². The third-order valence-corrected chi connectivity index (χ3v) is 6.46. The standard InChI is InChI=1S/C22H30N6S.HI/c1-16-18(19-7-3-4-8-20(19)26-16)10-12-25-21(23-2)24-11-9-17-15-29-22(27-17)28-13-5-6-14-28;/h3-4,7-8,15,26H,5-6,9-14H2,1-2H3,(H2,23,24,25);1H. The maximum atomic E-state index is 4.79. The minimum Gasteiger partial charge on any atom is -0.358 e. The first-order valence-corrected chi connectivity index (χ1v) is 11.3. The molecule has 0 saturated carbocycles. The Balaban J connectivity index is 0.00000256. The van der Waals surface area contributed by atoms with E-state index in [4.69, 9.17) is 4.98 Å². The molecule has 1 saturated heterocycles. The van der Waals surface area contributed by atoms with Gasteiger partial charge in [-0.15, -0.1) is 35.3 Å². The quantitative estimate of drug-likeness (QED) is 0.241. The highest BCUT2D eigenvalue weighted by atomic mass is 127. The van der Waals surface area contributed by atoms with Crippen molar-refractivity contribution in [3.63, 3.8) is 0 Å². The summed E-state index contributed by atoms with van der Waals surface area (Å²) in [6.45, 7) is 6.12. The number of benzene rings is 1. The van der Waals surface area contributed by atoms with Crippen LogP contribution in [0.4, 0.5) is 5.13 Å². The van der Waals surface area contributed by atoms with Crippen molar-refractivity contribution >= 4 is 57.3 Å². The number of fused-ring (bicyclic) bond motifs is 1. The second-order valence-corrected chi connectivity index (χ2v) is 8.35. The number of aliphatic imine (C=N–C) groups is 1. The topological polar surface area (TPSA) is 68.3 Å². The number of H-pyrrole nitrogens is 1. The highest BCUT2D eigenvalue weighted by Gasteiger charge is 2.15. The Labute approximate surface area is 199 Å². The molecule has 30 heavy (non-hydrogen) atoms. The van der Waals surface area contributed by atoms with Crippen molar-refractivity contribution in [2.45, 2.75) is 32.6 Å². The lowest BCUT2D eigenvalue weighted by molar-refractivity contribution is 0.777. The van der Waals surface area contributed by atoms with Crippen molar-refractivity contribution in [3.05, 3.63) is 46.6 Å². The summed E-state index contributed by atoms with van der Waals surface area (Å²) in [6, 6.07) is 8.49. The SMILES string of the molecule is CN=C(NCCc1csc(N2CCCC2)n1)NCCc1c(C)[nH]c2ccccc12.I. The van der Waals surface area contributed by atoms with Gasteiger partial charge in [-0.05, 0) is 37.8 Å². The molecule has 1 aliphatic heterocycles. The van der Waals surface area contributed by atoms with E-state index in [0.717, 1.165) is 50.7 Å². The number of halogens is 1. The molecule has 0 spiro atoms. The molecule has 2 aromatic heterocycles. The van der Waals surface area contributed by atoms with Crippen LogP contribution in [-0.4, -0.2) is 49.2 Å². The predicted octanol–water partition coefficient (Wildman–Crippen LogP) is 4.10. The Morgan fingerprint density at radius 3 is 2.67 bits per heavy atom. The second-order valence-electron chi connectivity index (χ2n) is 7.52. The first kappa shape index (κ1) is 22.9. The Hall–Kier alpha value is -1.81. The van der Waals surface area contributed by atoms with E-state index in [1.54, 1.807) is 11.3 Å². The second kappa shape index (κ2) is 11.0. The van der Waals surface area contributed by atoms with E-state index in [1.807, 2.05) is 7.05 Å². The molecule has 1 aromatic carbocycles. The lowest BCUT2D eigenvalue weighted by atomic mass is 10.1. The van der Waals surface area contributed by atoms with E-state index in [-0.39, 0.29) is 24.0 Å². The number of nitrogens with zero attached hydrogens (tertiary/aromatic N) is 3. The van der Waals surface area contributed by atoms with Gasteiger partial charge in [0, 0.05) is 61.6 Å². The molecule has 6 nitrogen and oxygen atoms in total. The van der Waals surface area contributed by atoms with Gasteiger partial charge in [0.25, 0.3) is 0 Å². The van der Waals surface area contributed by atoms with Crippen LogP contribution in [0.15, 0.2) is 34.6 Å². The fourth-order valence-corrected chi connectivity index (χ4v) is 4.87. The van der Waals surface area contributed by atoms with Gasteiger partial charge in [-0.1, -0.05) is 18.2 Å². The molecule has 162 valence electrons. The van der Waals surface area contributed by atoms with Crippen molar-refractivity contribution < 1.29 is 0 Å². The molecular formula is C22H31IN6S. The lowest BCUT2D eigenvalue weighted by Gasteiger charge is -2.12. The molecule has 0 radical (unpaired) electrons. The molecular weight excluding hydrogens is 507 g/mol. The number of hydrogen-bond acceptors (Lipinski definition) is 4. The smallest absolute Gasteiger partial charge is 0.190 e. The Morgan fingerprint density at radius 2 is 1.90 bits per heavy atom. The van der Waals surface area contributed by atoms with E-state index in [0.29, 0.717) is 0 Å². The average Bonchev–Trinajstić information content (AvgIpc) is 3.47. The highest BCUT2D eigenvalue weighted by molar-refractivity contribution is 14.0. The number of aryl methyl sites for hydroxylation is 1. The van der Waals surface area contributed by atoms with Crippen LogP contribution in [0.3, 0.4) is 0 Å². The van der Waals surface area contributed by atoms with Gasteiger partial charge in [0.1, 0.15) is 0 Å². The number of guanidine groups is 1. The monoisotopic (exact) mass is 538 g/mol. The molecule has 0 unspecified atom stereocenters. The van der Waals surface area contributed by atoms with Crippen LogP contribution in [0.1, 0.15) is 29.8 Å². The van der Waals surface area contributed by atoms with Gasteiger partial charge in [0.05, 0.1) is 5.69 Å². The molecule has 4 rings (SSSR count). The summed E-state index contributed by atoms with van der Waals surface area (Å²) in [5, 5.41) is 11.5. The van der Waals surface area contributed by atoms with E-state index in [9.17, 15) is 0 Å². The molecule has 0 amide bonds. The zero-order valence-electron chi connectivity index (χ0n) is 17.7. The van der Waals surface area contributed by atoms with Crippen LogP contribution in [0.25, 0.3) is 10.9 Å². The summed E-state index contributed by atoms with van der Waals surface area (Å²) < 4.78 is 0. The molecule has 3 N–H and O–H groups in total.